The van der Waals surface area contributed by atoms with Crippen LogP contribution in [0.3, 0.4) is 0 Å². The number of hydrogen-bond donors (Lipinski definition) is 0. The molecule has 0 spiro atoms. The zero-order valence-corrected chi connectivity index (χ0v) is 16.4. The van der Waals surface area contributed by atoms with Crippen LogP contribution in [-0.2, 0) is 4.79 Å². The lowest BCUT2D eigenvalue weighted by atomic mass is 9.92. The predicted octanol–water partition coefficient (Wildman–Crippen LogP) is 3.77. The number of amides is 3. The zero-order valence-electron chi connectivity index (χ0n) is 15.6. The lowest BCUT2D eigenvalue weighted by Crippen LogP contribution is -2.44. The first-order valence-electron chi connectivity index (χ1n) is 9.47. The van der Waals surface area contributed by atoms with Crippen LogP contribution < -0.4 is 9.64 Å². The van der Waals surface area contributed by atoms with Crippen LogP contribution in [0.25, 0.3) is 0 Å². The molecule has 2 aromatic rings. The van der Waals surface area contributed by atoms with Gasteiger partial charge in [-0.25, -0.2) is 9.78 Å². The number of benzene rings is 1. The van der Waals surface area contributed by atoms with Crippen molar-refractivity contribution < 1.29 is 14.3 Å². The van der Waals surface area contributed by atoms with Crippen molar-refractivity contribution in [1.29, 1.82) is 5.26 Å². The van der Waals surface area contributed by atoms with Crippen LogP contribution in [0.5, 0.6) is 5.88 Å². The Hall–Kier alpha value is -3.11. The second-order valence-electron chi connectivity index (χ2n) is 7.13. The maximum absolute atomic E-state index is 12.9. The summed E-state index contributed by atoms with van der Waals surface area (Å²) in [5, 5.41) is 9.68. The van der Waals surface area contributed by atoms with Gasteiger partial charge in [0.2, 0.25) is 5.88 Å². The topological polar surface area (TPSA) is 86.5 Å². The van der Waals surface area contributed by atoms with Crippen molar-refractivity contribution in [3.8, 4) is 11.9 Å². The molecule has 3 amide bonds. The molecule has 2 heterocycles. The Morgan fingerprint density at radius 3 is 2.66 bits per heavy atom. The van der Waals surface area contributed by atoms with Gasteiger partial charge in [-0.3, -0.25) is 14.6 Å². The number of nitriles is 1. The Morgan fingerprint density at radius 2 is 1.93 bits per heavy atom. The maximum atomic E-state index is 12.9. The van der Waals surface area contributed by atoms with Gasteiger partial charge in [0.25, 0.3) is 5.91 Å². The van der Waals surface area contributed by atoms with Gasteiger partial charge in [0.05, 0.1) is 0 Å². The Kier molecular flexibility index (Phi) is 5.36. The molecule has 0 N–H and O–H groups in total. The van der Waals surface area contributed by atoms with Crippen molar-refractivity contribution in [2.45, 2.75) is 37.8 Å². The molecule has 2 fully saturated rings. The average Bonchev–Trinajstić information content (AvgIpc) is 3.03. The maximum Gasteiger partial charge on any atom is 0.331 e. The molecule has 0 unspecified atom stereocenters. The Morgan fingerprint density at radius 1 is 1.14 bits per heavy atom. The summed E-state index contributed by atoms with van der Waals surface area (Å²) in [6.45, 7) is 0.0229. The van der Waals surface area contributed by atoms with Gasteiger partial charge in [-0.15, -0.1) is 0 Å². The van der Waals surface area contributed by atoms with E-state index in [4.69, 9.17) is 21.6 Å². The van der Waals surface area contributed by atoms with Gasteiger partial charge in [0, 0.05) is 22.9 Å². The number of pyridine rings is 1. The minimum atomic E-state index is -0.307. The number of aromatic nitrogens is 1. The van der Waals surface area contributed by atoms with Crippen LogP contribution >= 0.6 is 11.6 Å². The molecule has 1 aliphatic carbocycles. The second kappa shape index (κ2) is 8.10. The molecule has 1 aromatic carbocycles. The summed E-state index contributed by atoms with van der Waals surface area (Å²) in [5.74, 6) is 0.134. The van der Waals surface area contributed by atoms with Gasteiger partial charge in [0.1, 0.15) is 24.3 Å². The largest absolute Gasteiger partial charge is 0.473 e. The van der Waals surface area contributed by atoms with E-state index in [-0.39, 0.29) is 30.6 Å². The van der Waals surface area contributed by atoms with Crippen molar-refractivity contribution in [3.63, 3.8) is 0 Å². The first-order valence-corrected chi connectivity index (χ1v) is 9.85. The SMILES string of the molecule is N#Cc1cccnc1O[C@H]1CC[C@H](N2C(=O)CN(c3cccc(Cl)c3)C2=O)CC1. The molecular weight excluding hydrogens is 392 g/mol. The minimum Gasteiger partial charge on any atom is -0.473 e. The predicted molar refractivity (Wildman–Crippen MR) is 107 cm³/mol. The van der Waals surface area contributed by atoms with Crippen LogP contribution in [0.1, 0.15) is 31.2 Å². The molecule has 1 aliphatic heterocycles. The summed E-state index contributed by atoms with van der Waals surface area (Å²) in [7, 11) is 0. The van der Waals surface area contributed by atoms with Crippen LogP contribution in [0.15, 0.2) is 42.6 Å². The summed E-state index contributed by atoms with van der Waals surface area (Å²) >= 11 is 6.02. The highest BCUT2D eigenvalue weighted by molar-refractivity contribution is 6.31. The van der Waals surface area contributed by atoms with Gasteiger partial charge in [0.15, 0.2) is 0 Å². The van der Waals surface area contributed by atoms with Gasteiger partial charge >= 0.3 is 6.03 Å². The highest BCUT2D eigenvalue weighted by Gasteiger charge is 2.42. The van der Waals surface area contributed by atoms with Gasteiger partial charge in [-0.2, -0.15) is 5.26 Å². The summed E-state index contributed by atoms with van der Waals surface area (Å²) in [5.41, 5.74) is 1.02. The van der Waals surface area contributed by atoms with E-state index in [0.29, 0.717) is 47.8 Å². The monoisotopic (exact) mass is 410 g/mol. The number of halogens is 1. The third kappa shape index (κ3) is 3.89. The van der Waals surface area contributed by atoms with E-state index in [2.05, 4.69) is 11.1 Å². The Labute approximate surface area is 173 Å². The lowest BCUT2D eigenvalue weighted by Gasteiger charge is -2.33. The van der Waals surface area contributed by atoms with Crippen molar-refractivity contribution in [2.24, 2.45) is 0 Å². The zero-order chi connectivity index (χ0) is 20.4. The molecule has 148 valence electrons. The highest BCUT2D eigenvalue weighted by atomic mass is 35.5. The molecule has 1 aromatic heterocycles. The number of nitrogens with zero attached hydrogens (tertiary/aromatic N) is 4. The van der Waals surface area contributed by atoms with Gasteiger partial charge in [-0.1, -0.05) is 17.7 Å². The van der Waals surface area contributed by atoms with Gasteiger partial charge < -0.3 is 4.74 Å². The van der Waals surface area contributed by atoms with Crippen molar-refractivity contribution in [3.05, 3.63) is 53.2 Å². The standard InChI is InChI=1S/C21H19ClN4O3/c22-15-4-1-5-17(11-15)25-13-19(27)26(21(25)28)16-6-8-18(9-7-16)29-20-14(12-23)3-2-10-24-20/h1-5,10-11,16,18H,6-9,13H2/t16-,18-. The molecule has 0 radical (unpaired) electrons. The molecule has 7 nitrogen and oxygen atoms in total. The van der Waals surface area contributed by atoms with Crippen LogP contribution in [0.2, 0.25) is 5.02 Å². The molecule has 1 saturated heterocycles. The van der Waals surface area contributed by atoms with Gasteiger partial charge in [-0.05, 0) is 56.0 Å². The fourth-order valence-electron chi connectivity index (χ4n) is 3.87. The van der Waals surface area contributed by atoms with E-state index in [1.165, 1.54) is 9.80 Å². The van der Waals surface area contributed by atoms with Crippen molar-refractivity contribution >= 4 is 29.2 Å². The van der Waals surface area contributed by atoms with E-state index < -0.39 is 0 Å². The lowest BCUT2D eigenvalue weighted by molar-refractivity contribution is -0.127. The fourth-order valence-corrected chi connectivity index (χ4v) is 4.05. The highest BCUT2D eigenvalue weighted by Crippen LogP contribution is 2.31. The summed E-state index contributed by atoms with van der Waals surface area (Å²) in [6, 6.07) is 11.9. The average molecular weight is 411 g/mol. The van der Waals surface area contributed by atoms with Crippen molar-refractivity contribution in [1.82, 2.24) is 9.88 Å². The third-order valence-corrected chi connectivity index (χ3v) is 5.53. The Balaban J connectivity index is 1.40. The van der Waals surface area contributed by atoms with E-state index in [1.807, 2.05) is 0 Å². The normalized spacial score (nSPS) is 21.9. The van der Waals surface area contributed by atoms with Crippen molar-refractivity contribution in [2.75, 3.05) is 11.4 Å². The smallest absolute Gasteiger partial charge is 0.331 e. The van der Waals surface area contributed by atoms with E-state index in [9.17, 15) is 9.59 Å². The number of anilines is 1. The molecular formula is C21H19ClN4O3. The number of rotatable bonds is 4. The molecule has 1 saturated carbocycles. The quantitative estimate of drug-likeness (QED) is 0.716. The van der Waals surface area contributed by atoms with Crippen LogP contribution in [0.4, 0.5) is 10.5 Å². The molecule has 4 rings (SSSR count). The first kappa shape index (κ1) is 19.2. The molecule has 8 heteroatoms. The molecule has 2 aliphatic rings. The fraction of sp³-hybridized carbons (Fsp3) is 0.333. The Bertz CT molecular complexity index is 982. The number of carbonyl (C=O) groups excluding carboxylic acids is 2. The first-order chi connectivity index (χ1) is 14.1. The number of urea groups is 1. The van der Waals surface area contributed by atoms with Crippen LogP contribution in [-0.4, -0.2) is 40.5 Å². The minimum absolute atomic E-state index is 0.0229. The number of carbonyl (C=O) groups is 2. The van der Waals surface area contributed by atoms with E-state index in [1.54, 1.807) is 42.6 Å². The van der Waals surface area contributed by atoms with Crippen LogP contribution in [0, 0.1) is 11.3 Å². The molecule has 0 atom stereocenters. The second-order valence-corrected chi connectivity index (χ2v) is 7.57. The van der Waals surface area contributed by atoms with E-state index in [0.717, 1.165) is 0 Å². The number of hydrogen-bond acceptors (Lipinski definition) is 5. The molecule has 29 heavy (non-hydrogen) atoms. The summed E-state index contributed by atoms with van der Waals surface area (Å²) < 4.78 is 5.90. The molecule has 0 bridgehead atoms. The third-order valence-electron chi connectivity index (χ3n) is 5.30. The van der Waals surface area contributed by atoms with E-state index >= 15 is 0 Å². The summed E-state index contributed by atoms with van der Waals surface area (Å²) in [4.78, 5) is 32.4. The number of imide groups is 1. The summed E-state index contributed by atoms with van der Waals surface area (Å²) in [6.07, 6.45) is 4.17. The number of ether oxygens (including phenoxy) is 1.